The molecule has 2 aromatic rings. The van der Waals surface area contributed by atoms with Crippen molar-refractivity contribution in [2.45, 2.75) is 52.4 Å². The Hall–Kier alpha value is -1.99. The Morgan fingerprint density at radius 1 is 1.46 bits per heavy atom. The van der Waals surface area contributed by atoms with Crippen molar-refractivity contribution in [1.82, 2.24) is 14.4 Å². The van der Waals surface area contributed by atoms with Crippen LogP contribution in [0.2, 0.25) is 0 Å². The van der Waals surface area contributed by atoms with Crippen LogP contribution < -0.4 is 0 Å². The molecular weight excluding hydrogens is 310 g/mol. The average molecular weight is 333 g/mol. The monoisotopic (exact) mass is 333 g/mol. The van der Waals surface area contributed by atoms with Crippen LogP contribution in [0.3, 0.4) is 0 Å². The number of ether oxygens (including phenoxy) is 3. The molecule has 1 aliphatic heterocycles. The zero-order valence-corrected chi connectivity index (χ0v) is 14.3. The summed E-state index contributed by atoms with van der Waals surface area (Å²) in [4.78, 5) is 20.8. The van der Waals surface area contributed by atoms with E-state index < -0.39 is 12.1 Å². The molecule has 0 radical (unpaired) electrons. The summed E-state index contributed by atoms with van der Waals surface area (Å²) in [6.45, 7) is 6.90. The van der Waals surface area contributed by atoms with Crippen LogP contribution in [-0.2, 0) is 25.6 Å². The van der Waals surface area contributed by atoms with Gasteiger partial charge in [-0.1, -0.05) is 0 Å². The topological polar surface area (TPSA) is 75.0 Å². The fourth-order valence-electron chi connectivity index (χ4n) is 2.75. The van der Waals surface area contributed by atoms with Crippen molar-refractivity contribution < 1.29 is 19.0 Å². The number of aromatic nitrogens is 3. The Labute approximate surface area is 140 Å². The number of hydrogen-bond donors (Lipinski definition) is 0. The molecule has 0 aromatic carbocycles. The highest BCUT2D eigenvalue weighted by atomic mass is 16.6. The molecule has 0 bridgehead atoms. The number of rotatable bonds is 6. The first-order chi connectivity index (χ1) is 11.5. The molecule has 24 heavy (non-hydrogen) atoms. The molecule has 2 atom stereocenters. The number of carbonyl (C=O) groups is 1. The third-order valence-electron chi connectivity index (χ3n) is 4.06. The van der Waals surface area contributed by atoms with E-state index in [1.54, 1.807) is 6.92 Å². The van der Waals surface area contributed by atoms with E-state index in [9.17, 15) is 4.79 Å². The van der Waals surface area contributed by atoms with Gasteiger partial charge in [0.1, 0.15) is 6.61 Å². The van der Waals surface area contributed by atoms with Crippen molar-refractivity contribution in [1.29, 1.82) is 0 Å². The molecule has 3 rings (SSSR count). The fourth-order valence-corrected chi connectivity index (χ4v) is 2.75. The predicted molar refractivity (Wildman–Crippen MR) is 86.6 cm³/mol. The molecule has 0 aliphatic carbocycles. The van der Waals surface area contributed by atoms with Gasteiger partial charge in [0.15, 0.2) is 6.10 Å². The highest BCUT2D eigenvalue weighted by molar-refractivity contribution is 5.74. The van der Waals surface area contributed by atoms with Gasteiger partial charge in [-0.05, 0) is 39.7 Å². The Balaban J connectivity index is 1.52. The van der Waals surface area contributed by atoms with Gasteiger partial charge in [-0.15, -0.1) is 0 Å². The van der Waals surface area contributed by atoms with Crippen molar-refractivity contribution in [2.75, 3.05) is 13.2 Å². The van der Waals surface area contributed by atoms with E-state index in [1.807, 2.05) is 30.5 Å². The lowest BCUT2D eigenvalue weighted by molar-refractivity contribution is -0.159. The molecule has 1 saturated heterocycles. The van der Waals surface area contributed by atoms with Gasteiger partial charge in [-0.25, -0.2) is 14.8 Å². The molecule has 0 spiro atoms. The van der Waals surface area contributed by atoms with Crippen LogP contribution in [0.15, 0.2) is 12.3 Å². The summed E-state index contributed by atoms with van der Waals surface area (Å²) < 4.78 is 18.2. The first-order valence-electron chi connectivity index (χ1n) is 8.25. The minimum Gasteiger partial charge on any atom is -0.457 e. The Morgan fingerprint density at radius 2 is 2.29 bits per heavy atom. The third kappa shape index (κ3) is 3.91. The summed E-state index contributed by atoms with van der Waals surface area (Å²) in [5.41, 5.74) is 2.61. The second-order valence-electron chi connectivity index (χ2n) is 6.16. The summed E-state index contributed by atoms with van der Waals surface area (Å²) in [7, 11) is 0. The van der Waals surface area contributed by atoms with Crippen molar-refractivity contribution >= 4 is 11.7 Å². The Morgan fingerprint density at radius 3 is 3.04 bits per heavy atom. The van der Waals surface area contributed by atoms with Crippen molar-refractivity contribution in [3.63, 3.8) is 0 Å². The number of aryl methyl sites for hydroxylation is 2. The van der Waals surface area contributed by atoms with E-state index in [1.165, 1.54) is 0 Å². The zero-order chi connectivity index (χ0) is 17.1. The SMILES string of the molecule is Cc1cc(C)n2cc(COC(=O)C(C)OCC3CCCO3)nc2n1. The van der Waals surface area contributed by atoms with E-state index >= 15 is 0 Å². The predicted octanol–water partition coefficient (Wildman–Crippen LogP) is 1.97. The van der Waals surface area contributed by atoms with Gasteiger partial charge in [0.05, 0.1) is 18.4 Å². The lowest BCUT2D eigenvalue weighted by atomic mass is 10.2. The molecule has 1 fully saturated rings. The second-order valence-corrected chi connectivity index (χ2v) is 6.16. The highest BCUT2D eigenvalue weighted by Gasteiger charge is 2.21. The van der Waals surface area contributed by atoms with Crippen molar-refractivity contribution in [3.8, 4) is 0 Å². The summed E-state index contributed by atoms with van der Waals surface area (Å²) in [5.74, 6) is 0.215. The molecule has 2 aromatic heterocycles. The van der Waals surface area contributed by atoms with Gasteiger partial charge in [-0.2, -0.15) is 0 Å². The van der Waals surface area contributed by atoms with Crippen LogP contribution in [0, 0.1) is 13.8 Å². The maximum Gasteiger partial charge on any atom is 0.335 e. The maximum absolute atomic E-state index is 12.0. The number of esters is 1. The van der Waals surface area contributed by atoms with Crippen LogP contribution in [-0.4, -0.2) is 45.8 Å². The van der Waals surface area contributed by atoms with Crippen LogP contribution in [0.1, 0.15) is 36.8 Å². The van der Waals surface area contributed by atoms with Crippen LogP contribution in [0.5, 0.6) is 0 Å². The number of hydrogen-bond acceptors (Lipinski definition) is 6. The smallest absolute Gasteiger partial charge is 0.335 e. The number of nitrogens with zero attached hydrogens (tertiary/aromatic N) is 3. The third-order valence-corrected chi connectivity index (χ3v) is 4.06. The van der Waals surface area contributed by atoms with Crippen LogP contribution >= 0.6 is 0 Å². The molecule has 7 heteroatoms. The first kappa shape index (κ1) is 16.9. The number of fused-ring (bicyclic) bond motifs is 1. The van der Waals surface area contributed by atoms with Crippen LogP contribution in [0.25, 0.3) is 5.78 Å². The lowest BCUT2D eigenvalue weighted by Gasteiger charge is -2.15. The molecule has 7 nitrogen and oxygen atoms in total. The van der Waals surface area contributed by atoms with Gasteiger partial charge in [0.25, 0.3) is 0 Å². The molecule has 0 amide bonds. The maximum atomic E-state index is 12.0. The molecule has 3 heterocycles. The highest BCUT2D eigenvalue weighted by Crippen LogP contribution is 2.13. The molecular formula is C17H23N3O4. The second kappa shape index (κ2) is 7.27. The van der Waals surface area contributed by atoms with Gasteiger partial charge in [0, 0.05) is 24.2 Å². The number of imidazole rings is 1. The summed E-state index contributed by atoms with van der Waals surface area (Å²) >= 11 is 0. The van der Waals surface area contributed by atoms with E-state index in [2.05, 4.69) is 9.97 Å². The minimum absolute atomic E-state index is 0.0935. The van der Waals surface area contributed by atoms with Crippen molar-refractivity contribution in [2.24, 2.45) is 0 Å². The van der Waals surface area contributed by atoms with E-state index in [0.717, 1.165) is 30.8 Å². The Kier molecular flexibility index (Phi) is 5.11. The fraction of sp³-hybridized carbons (Fsp3) is 0.588. The van der Waals surface area contributed by atoms with Gasteiger partial charge in [-0.3, -0.25) is 4.40 Å². The van der Waals surface area contributed by atoms with Crippen LogP contribution in [0.4, 0.5) is 0 Å². The lowest BCUT2D eigenvalue weighted by Crippen LogP contribution is -2.27. The van der Waals surface area contributed by atoms with E-state index in [4.69, 9.17) is 14.2 Å². The standard InChI is InChI=1S/C17H23N3O4/c1-11-7-12(2)20-8-14(19-17(20)18-11)9-24-16(21)13(3)23-10-15-5-4-6-22-15/h7-8,13,15H,4-6,9-10H2,1-3H3. The molecule has 0 saturated carbocycles. The summed E-state index contributed by atoms with van der Waals surface area (Å²) in [6, 6.07) is 1.98. The average Bonchev–Trinajstić information content (AvgIpc) is 3.19. The largest absolute Gasteiger partial charge is 0.457 e. The molecule has 130 valence electrons. The molecule has 1 aliphatic rings. The first-order valence-corrected chi connectivity index (χ1v) is 8.25. The normalized spacial score (nSPS) is 18.9. The summed E-state index contributed by atoms with van der Waals surface area (Å²) in [5, 5.41) is 0. The quantitative estimate of drug-likeness (QED) is 0.753. The number of carbonyl (C=O) groups excluding carboxylic acids is 1. The van der Waals surface area contributed by atoms with Gasteiger partial charge < -0.3 is 14.2 Å². The van der Waals surface area contributed by atoms with Gasteiger partial charge in [0.2, 0.25) is 5.78 Å². The summed E-state index contributed by atoms with van der Waals surface area (Å²) in [6.07, 6.45) is 3.34. The van der Waals surface area contributed by atoms with Gasteiger partial charge >= 0.3 is 5.97 Å². The molecule has 0 N–H and O–H groups in total. The molecule has 2 unspecified atom stereocenters. The van der Waals surface area contributed by atoms with Crippen molar-refractivity contribution in [3.05, 3.63) is 29.3 Å². The minimum atomic E-state index is -0.617. The van der Waals surface area contributed by atoms with E-state index in [0.29, 0.717) is 18.1 Å². The Bertz CT molecular complexity index is 722. The van der Waals surface area contributed by atoms with E-state index in [-0.39, 0.29) is 12.7 Å². The zero-order valence-electron chi connectivity index (χ0n) is 14.3.